The van der Waals surface area contributed by atoms with Crippen molar-refractivity contribution in [1.29, 1.82) is 0 Å². The summed E-state index contributed by atoms with van der Waals surface area (Å²) in [7, 11) is 0. The first-order valence-corrected chi connectivity index (χ1v) is 13.7. The quantitative estimate of drug-likeness (QED) is 0.315. The number of aromatic nitrogens is 7. The van der Waals surface area contributed by atoms with Crippen molar-refractivity contribution >= 4 is 16.9 Å². The normalized spacial score (nSPS) is 17.9. The Morgan fingerprint density at radius 2 is 1.78 bits per heavy atom. The molecule has 7 rings (SSSR count). The number of hydrogen-bond acceptors (Lipinski definition) is 8. The predicted molar refractivity (Wildman–Crippen MR) is 152 cm³/mol. The Morgan fingerprint density at radius 1 is 1.00 bits per heavy atom. The summed E-state index contributed by atoms with van der Waals surface area (Å²) in [6.45, 7) is 3.39. The van der Waals surface area contributed by atoms with Crippen molar-refractivity contribution in [2.24, 2.45) is 5.73 Å². The second-order valence-corrected chi connectivity index (χ2v) is 11.1. The maximum Gasteiger partial charge on any atom is 0.156 e. The highest BCUT2D eigenvalue weighted by atomic mass is 19.1. The van der Waals surface area contributed by atoms with Gasteiger partial charge in [0.15, 0.2) is 11.6 Å². The molecular weight excluding hydrogens is 521 g/mol. The van der Waals surface area contributed by atoms with Crippen LogP contribution in [0.25, 0.3) is 22.2 Å². The van der Waals surface area contributed by atoms with E-state index < -0.39 is 5.54 Å². The van der Waals surface area contributed by atoms with E-state index in [2.05, 4.69) is 42.2 Å². The fourth-order valence-corrected chi connectivity index (χ4v) is 5.44. The van der Waals surface area contributed by atoms with E-state index in [9.17, 15) is 9.50 Å². The van der Waals surface area contributed by atoms with Gasteiger partial charge < -0.3 is 15.7 Å². The number of fused-ring (bicyclic) bond motifs is 1. The van der Waals surface area contributed by atoms with Gasteiger partial charge in [0.05, 0.1) is 23.9 Å². The maximum atomic E-state index is 13.4. The van der Waals surface area contributed by atoms with E-state index >= 15 is 0 Å². The molecule has 10 nitrogen and oxygen atoms in total. The van der Waals surface area contributed by atoms with Gasteiger partial charge in [-0.25, -0.2) is 23.9 Å². The molecule has 5 heterocycles. The number of nitrogens with two attached hydrogens (primary N) is 1. The molecule has 0 amide bonds. The molecule has 1 aliphatic heterocycles. The molecule has 0 saturated heterocycles. The third kappa shape index (κ3) is 4.47. The molecule has 1 aliphatic carbocycles. The van der Waals surface area contributed by atoms with E-state index in [0.717, 1.165) is 65.0 Å². The molecule has 0 radical (unpaired) electrons. The summed E-state index contributed by atoms with van der Waals surface area (Å²) in [5.41, 5.74) is 11.0. The van der Waals surface area contributed by atoms with Gasteiger partial charge in [0.2, 0.25) is 0 Å². The highest BCUT2D eigenvalue weighted by Crippen LogP contribution is 2.43. The van der Waals surface area contributed by atoms with Crippen LogP contribution < -0.4 is 10.6 Å². The van der Waals surface area contributed by atoms with Gasteiger partial charge in [0.1, 0.15) is 17.7 Å². The molecule has 4 aromatic heterocycles. The third-order valence-corrected chi connectivity index (χ3v) is 8.40. The first-order chi connectivity index (χ1) is 19.9. The number of aliphatic hydroxyl groups excluding tert-OH is 1. The summed E-state index contributed by atoms with van der Waals surface area (Å²) < 4.78 is 17.1. The summed E-state index contributed by atoms with van der Waals surface area (Å²) in [6.07, 6.45) is 15.7. The first-order valence-electron chi connectivity index (χ1n) is 13.7. The highest BCUT2D eigenvalue weighted by molar-refractivity contribution is 5.78. The fraction of sp³-hybridized carbons (Fsp3) is 0.300. The Hall–Kier alpha value is -4.48. The van der Waals surface area contributed by atoms with Crippen molar-refractivity contribution in [3.8, 4) is 11.1 Å². The molecular formula is C30H30FN9O. The van der Waals surface area contributed by atoms with Crippen LogP contribution in [0.4, 0.5) is 10.2 Å². The van der Waals surface area contributed by atoms with Crippen molar-refractivity contribution in [3.05, 3.63) is 96.5 Å². The minimum absolute atomic E-state index is 0.101. The van der Waals surface area contributed by atoms with E-state index in [4.69, 9.17) is 5.73 Å². The van der Waals surface area contributed by atoms with Gasteiger partial charge in [-0.3, -0.25) is 4.68 Å². The molecule has 1 saturated carbocycles. The Labute approximate surface area is 236 Å². The molecule has 0 unspecified atom stereocenters. The number of anilines is 1. The second kappa shape index (κ2) is 9.57. The van der Waals surface area contributed by atoms with Gasteiger partial charge in [0.25, 0.3) is 0 Å². The molecule has 3 N–H and O–H groups in total. The van der Waals surface area contributed by atoms with Crippen LogP contribution in [0.1, 0.15) is 43.1 Å². The predicted octanol–water partition coefficient (Wildman–Crippen LogP) is 3.52. The third-order valence-electron chi connectivity index (χ3n) is 8.40. The Bertz CT molecular complexity index is 1750. The zero-order chi connectivity index (χ0) is 28.2. The summed E-state index contributed by atoms with van der Waals surface area (Å²) in [5, 5.41) is 18.7. The van der Waals surface area contributed by atoms with Crippen LogP contribution in [-0.2, 0) is 11.1 Å². The molecule has 41 heavy (non-hydrogen) atoms. The standard InChI is InChI=1S/C30H30FN9O/c1-29(32,23-2-4-25(31)5-3-23)24-14-33-27(34-15-24)20-6-10-38(11-7-20)28-26-12-21(16-39(26)37-19-35-28)22-13-36-40(17-22)30(18-41)8-9-30/h2-6,12-17,19,41H,7-11,18,32H2,1H3/t29-/m0/s1. The zero-order valence-electron chi connectivity index (χ0n) is 22.7. The molecule has 1 aromatic carbocycles. The number of rotatable bonds is 7. The Balaban J connectivity index is 1.09. The molecule has 1 fully saturated rings. The average molecular weight is 552 g/mol. The lowest BCUT2D eigenvalue weighted by atomic mass is 9.87. The molecule has 1 atom stereocenters. The minimum atomic E-state index is -0.838. The van der Waals surface area contributed by atoms with E-state index in [0.29, 0.717) is 12.4 Å². The SMILES string of the molecule is C[C@](N)(c1ccc(F)cc1)c1cnc(C2=CCN(c3ncnn4cc(-c5cnn(C6(CO)CC6)c5)cc34)CC2)nc1. The lowest BCUT2D eigenvalue weighted by Crippen LogP contribution is -2.34. The fourth-order valence-electron chi connectivity index (χ4n) is 5.44. The molecule has 0 spiro atoms. The number of nitrogens with zero attached hydrogens (tertiary/aromatic N) is 8. The van der Waals surface area contributed by atoms with Crippen LogP contribution in [-0.4, -0.2) is 59.1 Å². The lowest BCUT2D eigenvalue weighted by molar-refractivity contribution is 0.202. The minimum Gasteiger partial charge on any atom is -0.394 e. The second-order valence-electron chi connectivity index (χ2n) is 11.1. The topological polar surface area (TPSA) is 123 Å². The van der Waals surface area contributed by atoms with Gasteiger partial charge in [-0.1, -0.05) is 18.2 Å². The van der Waals surface area contributed by atoms with Gasteiger partial charge >= 0.3 is 0 Å². The van der Waals surface area contributed by atoms with Crippen LogP contribution in [0.2, 0.25) is 0 Å². The number of aliphatic hydroxyl groups is 1. The van der Waals surface area contributed by atoms with Crippen LogP contribution in [0.15, 0.2) is 73.7 Å². The number of hydrogen-bond donors (Lipinski definition) is 2. The van der Waals surface area contributed by atoms with Crippen molar-refractivity contribution < 1.29 is 9.50 Å². The van der Waals surface area contributed by atoms with Gasteiger partial charge in [-0.05, 0) is 55.5 Å². The van der Waals surface area contributed by atoms with E-state index in [-0.39, 0.29) is 18.0 Å². The van der Waals surface area contributed by atoms with Gasteiger partial charge in [0, 0.05) is 54.6 Å². The van der Waals surface area contributed by atoms with Gasteiger partial charge in [-0.2, -0.15) is 10.2 Å². The lowest BCUT2D eigenvalue weighted by Gasteiger charge is -2.28. The molecule has 2 aliphatic rings. The van der Waals surface area contributed by atoms with Crippen LogP contribution in [0.3, 0.4) is 0 Å². The van der Waals surface area contributed by atoms with E-state index in [1.807, 2.05) is 34.7 Å². The first kappa shape index (κ1) is 25.5. The molecule has 5 aromatic rings. The molecule has 11 heteroatoms. The number of benzene rings is 1. The van der Waals surface area contributed by atoms with Crippen molar-refractivity contribution in [2.45, 2.75) is 37.3 Å². The summed E-state index contributed by atoms with van der Waals surface area (Å²) in [5.74, 6) is 1.24. The smallest absolute Gasteiger partial charge is 0.156 e. The monoisotopic (exact) mass is 551 g/mol. The van der Waals surface area contributed by atoms with Crippen LogP contribution in [0, 0.1) is 5.82 Å². The summed E-state index contributed by atoms with van der Waals surface area (Å²) in [4.78, 5) is 16.1. The summed E-state index contributed by atoms with van der Waals surface area (Å²) >= 11 is 0. The average Bonchev–Trinajstić information content (AvgIpc) is 3.42. The Kier molecular flexibility index (Phi) is 5.95. The maximum absolute atomic E-state index is 13.4. The van der Waals surface area contributed by atoms with Crippen molar-refractivity contribution in [2.75, 3.05) is 24.6 Å². The molecule has 208 valence electrons. The highest BCUT2D eigenvalue weighted by Gasteiger charge is 2.45. The number of halogens is 1. The molecule has 0 bridgehead atoms. The van der Waals surface area contributed by atoms with Crippen molar-refractivity contribution in [3.63, 3.8) is 0 Å². The zero-order valence-corrected chi connectivity index (χ0v) is 22.7. The van der Waals surface area contributed by atoms with E-state index in [1.165, 1.54) is 12.1 Å². The van der Waals surface area contributed by atoms with Crippen LogP contribution in [0.5, 0.6) is 0 Å². The largest absolute Gasteiger partial charge is 0.394 e. The summed E-state index contributed by atoms with van der Waals surface area (Å²) in [6, 6.07) is 8.27. The van der Waals surface area contributed by atoms with Crippen molar-refractivity contribution in [1.82, 2.24) is 34.3 Å². The van der Waals surface area contributed by atoms with Gasteiger partial charge in [-0.15, -0.1) is 0 Å². The van der Waals surface area contributed by atoms with Crippen LogP contribution >= 0.6 is 0 Å². The Morgan fingerprint density at radius 3 is 2.46 bits per heavy atom. The van der Waals surface area contributed by atoms with E-state index in [1.54, 1.807) is 30.9 Å².